The van der Waals surface area contributed by atoms with Gasteiger partial charge in [-0.05, 0) is 48.4 Å². The van der Waals surface area contributed by atoms with Crippen molar-refractivity contribution in [3.05, 3.63) is 59.7 Å². The molecule has 2 atom stereocenters. The van der Waals surface area contributed by atoms with E-state index < -0.39 is 29.6 Å². The molecule has 2 aromatic rings. The minimum Gasteiger partial charge on any atom is -0.480 e. The number of nitrogens with one attached hydrogen (secondary N) is 1. The molecule has 4 rings (SSSR count). The third-order valence-electron chi connectivity index (χ3n) is 6.70. The van der Waals surface area contributed by atoms with Gasteiger partial charge in [-0.25, -0.2) is 9.59 Å². The summed E-state index contributed by atoms with van der Waals surface area (Å²) in [6.45, 7) is 3.93. The monoisotopic (exact) mass is 436 g/mol. The molecular weight excluding hydrogens is 408 g/mol. The summed E-state index contributed by atoms with van der Waals surface area (Å²) < 4.78 is 5.59. The maximum Gasteiger partial charge on any atom is 0.408 e. The summed E-state index contributed by atoms with van der Waals surface area (Å²) in [5.41, 5.74) is 3.26. The first kappa shape index (κ1) is 21.9. The van der Waals surface area contributed by atoms with Crippen LogP contribution in [0.25, 0.3) is 11.1 Å². The zero-order valence-electron chi connectivity index (χ0n) is 18.3. The van der Waals surface area contributed by atoms with Crippen molar-refractivity contribution in [3.8, 4) is 11.1 Å². The fourth-order valence-electron chi connectivity index (χ4n) is 4.74. The Hall–Kier alpha value is -3.35. The fraction of sp³-hybridized carbons (Fsp3) is 0.400. The van der Waals surface area contributed by atoms with E-state index in [0.29, 0.717) is 25.8 Å². The smallest absolute Gasteiger partial charge is 0.408 e. The van der Waals surface area contributed by atoms with Crippen molar-refractivity contribution in [2.75, 3.05) is 13.2 Å². The van der Waals surface area contributed by atoms with E-state index in [1.165, 1.54) is 4.90 Å². The van der Waals surface area contributed by atoms with Crippen molar-refractivity contribution in [1.82, 2.24) is 10.2 Å². The Bertz CT molecular complexity index is 1010. The Morgan fingerprint density at radius 3 is 2.25 bits per heavy atom. The number of hydrogen-bond acceptors (Lipinski definition) is 4. The lowest BCUT2D eigenvalue weighted by Gasteiger charge is -2.34. The number of alkyl carbamates (subject to hydrolysis) is 1. The molecule has 2 aliphatic rings. The molecule has 2 aromatic carbocycles. The van der Waals surface area contributed by atoms with Crippen LogP contribution in [-0.2, 0) is 14.3 Å². The number of carboxylic acids is 1. The Morgan fingerprint density at radius 1 is 1.09 bits per heavy atom. The minimum absolute atomic E-state index is 0.0771. The molecule has 2 unspecified atom stereocenters. The number of benzene rings is 2. The number of amides is 2. The number of aliphatic carboxylic acids is 1. The molecule has 0 aromatic heterocycles. The topological polar surface area (TPSA) is 95.9 Å². The van der Waals surface area contributed by atoms with Gasteiger partial charge in [-0.15, -0.1) is 0 Å². The summed E-state index contributed by atoms with van der Waals surface area (Å²) >= 11 is 0. The van der Waals surface area contributed by atoms with Gasteiger partial charge in [0, 0.05) is 12.5 Å². The van der Waals surface area contributed by atoms with E-state index in [4.69, 9.17) is 4.74 Å². The SMILES string of the molecule is CCC(C)(NC(=O)OCC1c2ccccc2-c2ccccc21)C(=O)N1CCCC1C(=O)O. The number of rotatable bonds is 6. The van der Waals surface area contributed by atoms with Gasteiger partial charge in [-0.2, -0.15) is 0 Å². The molecule has 2 N–H and O–H groups in total. The summed E-state index contributed by atoms with van der Waals surface area (Å²) in [7, 11) is 0. The zero-order chi connectivity index (χ0) is 22.9. The van der Waals surface area contributed by atoms with Gasteiger partial charge in [-0.1, -0.05) is 55.5 Å². The molecule has 0 saturated carbocycles. The second-order valence-corrected chi connectivity index (χ2v) is 8.63. The Morgan fingerprint density at radius 2 is 1.69 bits per heavy atom. The van der Waals surface area contributed by atoms with Crippen molar-refractivity contribution >= 4 is 18.0 Å². The van der Waals surface area contributed by atoms with Gasteiger partial charge >= 0.3 is 12.1 Å². The summed E-state index contributed by atoms with van der Waals surface area (Å²) in [5, 5.41) is 12.1. The van der Waals surface area contributed by atoms with Crippen LogP contribution in [0.2, 0.25) is 0 Å². The van der Waals surface area contributed by atoms with Gasteiger partial charge in [-0.3, -0.25) is 4.79 Å². The van der Waals surface area contributed by atoms with Gasteiger partial charge in [0.1, 0.15) is 18.2 Å². The highest BCUT2D eigenvalue weighted by molar-refractivity contribution is 5.92. The molecule has 1 heterocycles. The molecule has 1 aliphatic heterocycles. The third-order valence-corrected chi connectivity index (χ3v) is 6.70. The van der Waals surface area contributed by atoms with E-state index in [9.17, 15) is 19.5 Å². The molecule has 1 saturated heterocycles. The molecule has 32 heavy (non-hydrogen) atoms. The molecule has 0 spiro atoms. The zero-order valence-corrected chi connectivity index (χ0v) is 18.3. The lowest BCUT2D eigenvalue weighted by Crippen LogP contribution is -2.59. The number of carboxylic acid groups (broad SMARTS) is 1. The number of hydrogen-bond donors (Lipinski definition) is 2. The Labute approximate surface area is 187 Å². The van der Waals surface area contributed by atoms with Crippen molar-refractivity contribution in [3.63, 3.8) is 0 Å². The molecule has 7 heteroatoms. The van der Waals surface area contributed by atoms with Crippen molar-refractivity contribution in [2.45, 2.75) is 50.6 Å². The largest absolute Gasteiger partial charge is 0.480 e. The number of fused-ring (bicyclic) bond motifs is 3. The van der Waals surface area contributed by atoms with Crippen LogP contribution in [0, 0.1) is 0 Å². The molecule has 168 valence electrons. The van der Waals surface area contributed by atoms with Crippen LogP contribution in [0.4, 0.5) is 4.79 Å². The van der Waals surface area contributed by atoms with E-state index in [0.717, 1.165) is 22.3 Å². The van der Waals surface area contributed by atoms with Crippen molar-refractivity contribution in [2.24, 2.45) is 0 Å². The predicted molar refractivity (Wildman–Crippen MR) is 119 cm³/mol. The summed E-state index contributed by atoms with van der Waals surface area (Å²) in [6.07, 6.45) is 0.689. The normalized spacial score (nSPS) is 19.1. The average molecular weight is 437 g/mol. The van der Waals surface area contributed by atoms with Crippen LogP contribution in [0.5, 0.6) is 0 Å². The fourth-order valence-corrected chi connectivity index (χ4v) is 4.74. The highest BCUT2D eigenvalue weighted by atomic mass is 16.5. The second-order valence-electron chi connectivity index (χ2n) is 8.63. The van der Waals surface area contributed by atoms with E-state index in [1.807, 2.05) is 36.4 Å². The number of carbonyl (C=O) groups is 3. The Kier molecular flexibility index (Phi) is 5.91. The van der Waals surface area contributed by atoms with Gasteiger partial charge < -0.3 is 20.1 Å². The van der Waals surface area contributed by atoms with Crippen LogP contribution in [0.15, 0.2) is 48.5 Å². The first-order chi connectivity index (χ1) is 15.4. The molecular formula is C25H28N2O5. The van der Waals surface area contributed by atoms with E-state index in [-0.39, 0.29) is 12.5 Å². The van der Waals surface area contributed by atoms with Crippen LogP contribution in [0.3, 0.4) is 0 Å². The minimum atomic E-state index is -1.24. The van der Waals surface area contributed by atoms with Crippen LogP contribution < -0.4 is 5.32 Å². The molecule has 7 nitrogen and oxygen atoms in total. The van der Waals surface area contributed by atoms with Crippen LogP contribution in [-0.4, -0.2) is 52.7 Å². The van der Waals surface area contributed by atoms with Crippen LogP contribution in [0.1, 0.15) is 50.2 Å². The third kappa shape index (κ3) is 3.83. The lowest BCUT2D eigenvalue weighted by atomic mass is 9.96. The molecule has 0 bridgehead atoms. The Balaban J connectivity index is 1.45. The standard InChI is InChI=1S/C25H28N2O5/c1-3-25(2,23(30)27-14-8-13-21(27)22(28)29)26-24(31)32-15-20-18-11-6-4-9-16(18)17-10-5-7-12-19(17)20/h4-7,9-12,20-21H,3,8,13-15H2,1-2H3,(H,26,31)(H,28,29). The highest BCUT2D eigenvalue weighted by Gasteiger charge is 2.43. The number of nitrogens with zero attached hydrogens (tertiary/aromatic N) is 1. The maximum absolute atomic E-state index is 13.1. The maximum atomic E-state index is 13.1. The first-order valence-electron chi connectivity index (χ1n) is 11.0. The van der Waals surface area contributed by atoms with E-state index in [2.05, 4.69) is 17.4 Å². The number of ether oxygens (including phenoxy) is 1. The predicted octanol–water partition coefficient (Wildman–Crippen LogP) is 3.77. The van der Waals surface area contributed by atoms with Crippen molar-refractivity contribution < 1.29 is 24.2 Å². The summed E-state index contributed by atoms with van der Waals surface area (Å²) in [5.74, 6) is -1.49. The highest BCUT2D eigenvalue weighted by Crippen LogP contribution is 2.44. The van der Waals surface area contributed by atoms with Crippen molar-refractivity contribution in [1.29, 1.82) is 0 Å². The van der Waals surface area contributed by atoms with E-state index >= 15 is 0 Å². The van der Waals surface area contributed by atoms with Gasteiger partial charge in [0.15, 0.2) is 0 Å². The van der Waals surface area contributed by atoms with Gasteiger partial charge in [0.05, 0.1) is 0 Å². The lowest BCUT2D eigenvalue weighted by molar-refractivity contribution is -0.150. The second kappa shape index (κ2) is 8.65. The molecule has 2 amide bonds. The quantitative estimate of drug-likeness (QED) is 0.719. The van der Waals surface area contributed by atoms with E-state index in [1.54, 1.807) is 13.8 Å². The average Bonchev–Trinajstić information content (AvgIpc) is 3.40. The molecule has 0 radical (unpaired) electrons. The summed E-state index contributed by atoms with van der Waals surface area (Å²) in [4.78, 5) is 38.7. The van der Waals surface area contributed by atoms with Gasteiger partial charge in [0.2, 0.25) is 5.91 Å². The summed E-state index contributed by atoms with van der Waals surface area (Å²) in [6, 6.07) is 15.3. The molecule has 1 fully saturated rings. The first-order valence-corrected chi connectivity index (χ1v) is 11.0. The van der Waals surface area contributed by atoms with Gasteiger partial charge in [0.25, 0.3) is 0 Å². The van der Waals surface area contributed by atoms with Crippen LogP contribution >= 0.6 is 0 Å². The molecule has 1 aliphatic carbocycles. The number of likely N-dealkylation sites (tertiary alicyclic amines) is 1. The number of carbonyl (C=O) groups excluding carboxylic acids is 2.